The van der Waals surface area contributed by atoms with Crippen LogP contribution in [0, 0.1) is 11.8 Å². The third-order valence-corrected chi connectivity index (χ3v) is 4.35. The highest BCUT2D eigenvalue weighted by Gasteiger charge is 2.10. The molecule has 1 heterocycles. The quantitative estimate of drug-likeness (QED) is 0.541. The Morgan fingerprint density at radius 2 is 1.70 bits per heavy atom. The van der Waals surface area contributed by atoms with E-state index in [1.807, 2.05) is 66.7 Å². The molecule has 132 valence electrons. The Hall–Kier alpha value is -3.71. The number of amides is 1. The number of ether oxygens (including phenoxy) is 1. The third-order valence-electron chi connectivity index (χ3n) is 4.35. The number of carbonyl (C=O) groups excluding carboxylic acids is 1. The van der Waals surface area contributed by atoms with E-state index < -0.39 is 0 Å². The number of H-pyrrole nitrogens is 1. The molecule has 0 saturated carbocycles. The van der Waals surface area contributed by atoms with E-state index in [-0.39, 0.29) is 19.1 Å². The summed E-state index contributed by atoms with van der Waals surface area (Å²) in [6, 6.07) is 21.7. The molecule has 4 heteroatoms. The second-order valence-corrected chi connectivity index (χ2v) is 6.05. The van der Waals surface area contributed by atoms with Crippen molar-refractivity contribution in [2.75, 3.05) is 13.2 Å². The fourth-order valence-corrected chi connectivity index (χ4v) is 3.03. The zero-order valence-electron chi connectivity index (χ0n) is 14.7. The van der Waals surface area contributed by atoms with E-state index in [0.29, 0.717) is 5.56 Å². The molecule has 1 aromatic heterocycles. The highest BCUT2D eigenvalue weighted by atomic mass is 16.5. The molecule has 3 aromatic carbocycles. The van der Waals surface area contributed by atoms with Crippen LogP contribution in [0.1, 0.15) is 10.4 Å². The van der Waals surface area contributed by atoms with E-state index in [9.17, 15) is 4.79 Å². The molecule has 4 aromatic rings. The average molecular weight is 354 g/mol. The molecule has 0 bridgehead atoms. The van der Waals surface area contributed by atoms with Crippen LogP contribution < -0.4 is 10.1 Å². The fraction of sp³-hybridized carbons (Fsp3) is 0.0870. The fourth-order valence-electron chi connectivity index (χ4n) is 3.03. The Morgan fingerprint density at radius 1 is 0.926 bits per heavy atom. The first-order chi connectivity index (χ1) is 13.3. The minimum Gasteiger partial charge on any atom is -0.480 e. The largest absolute Gasteiger partial charge is 0.480 e. The predicted molar refractivity (Wildman–Crippen MR) is 108 cm³/mol. The Labute approximate surface area is 157 Å². The monoisotopic (exact) mass is 354 g/mol. The van der Waals surface area contributed by atoms with Gasteiger partial charge in [0.2, 0.25) is 0 Å². The summed E-state index contributed by atoms with van der Waals surface area (Å²) in [5.74, 6) is 6.54. The van der Waals surface area contributed by atoms with E-state index in [1.165, 1.54) is 0 Å². The van der Waals surface area contributed by atoms with E-state index in [2.05, 4.69) is 22.1 Å². The number of nitrogens with one attached hydrogen (secondary N) is 2. The van der Waals surface area contributed by atoms with Crippen LogP contribution >= 0.6 is 0 Å². The first-order valence-electron chi connectivity index (χ1n) is 8.73. The maximum Gasteiger partial charge on any atom is 0.254 e. The zero-order valence-corrected chi connectivity index (χ0v) is 14.7. The summed E-state index contributed by atoms with van der Waals surface area (Å²) in [4.78, 5) is 15.4. The maximum atomic E-state index is 12.3. The van der Waals surface area contributed by atoms with Gasteiger partial charge in [-0.1, -0.05) is 66.4 Å². The lowest BCUT2D eigenvalue weighted by Gasteiger charge is -2.06. The lowest BCUT2D eigenvalue weighted by atomic mass is 10.1. The normalized spacial score (nSPS) is 10.4. The molecule has 2 N–H and O–H groups in total. The van der Waals surface area contributed by atoms with Gasteiger partial charge in [-0.2, -0.15) is 0 Å². The van der Waals surface area contributed by atoms with E-state index >= 15 is 0 Å². The summed E-state index contributed by atoms with van der Waals surface area (Å²) in [5.41, 5.74) is 1.57. The Morgan fingerprint density at radius 3 is 2.63 bits per heavy atom. The molecule has 0 fully saturated rings. The smallest absolute Gasteiger partial charge is 0.254 e. The SMILES string of the molecule is O=C(NCC#CCOc1cccc2ccccc12)c1c[nH]c2ccccc12. The van der Waals surface area contributed by atoms with Gasteiger partial charge in [0.1, 0.15) is 12.4 Å². The van der Waals surface area contributed by atoms with Gasteiger partial charge < -0.3 is 15.0 Å². The minimum atomic E-state index is -0.142. The average Bonchev–Trinajstić information content (AvgIpc) is 3.15. The van der Waals surface area contributed by atoms with Crippen LogP contribution in [-0.4, -0.2) is 24.0 Å². The van der Waals surface area contributed by atoms with E-state index in [1.54, 1.807) is 6.20 Å². The molecule has 4 nitrogen and oxygen atoms in total. The van der Waals surface area contributed by atoms with Gasteiger partial charge in [-0.25, -0.2) is 0 Å². The summed E-state index contributed by atoms with van der Waals surface area (Å²) in [7, 11) is 0. The molecule has 27 heavy (non-hydrogen) atoms. The van der Waals surface area contributed by atoms with Gasteiger partial charge >= 0.3 is 0 Å². The van der Waals surface area contributed by atoms with Gasteiger partial charge in [-0.3, -0.25) is 4.79 Å². The first-order valence-corrected chi connectivity index (χ1v) is 8.73. The van der Waals surface area contributed by atoms with E-state index in [0.717, 1.165) is 27.4 Å². The van der Waals surface area contributed by atoms with Crippen LogP contribution in [0.4, 0.5) is 0 Å². The van der Waals surface area contributed by atoms with Crippen LogP contribution in [0.5, 0.6) is 5.75 Å². The van der Waals surface area contributed by atoms with Crippen molar-refractivity contribution in [1.82, 2.24) is 10.3 Å². The molecule has 4 rings (SSSR count). The number of rotatable bonds is 4. The highest BCUT2D eigenvalue weighted by Crippen LogP contribution is 2.24. The Kier molecular flexibility index (Phi) is 4.76. The van der Waals surface area contributed by atoms with E-state index in [4.69, 9.17) is 4.74 Å². The van der Waals surface area contributed by atoms with Gasteiger partial charge in [0, 0.05) is 22.5 Å². The van der Waals surface area contributed by atoms with Crippen molar-refractivity contribution < 1.29 is 9.53 Å². The summed E-state index contributed by atoms with van der Waals surface area (Å²) >= 11 is 0. The lowest BCUT2D eigenvalue weighted by Crippen LogP contribution is -2.23. The third kappa shape index (κ3) is 3.63. The second-order valence-electron chi connectivity index (χ2n) is 6.05. The highest BCUT2D eigenvalue weighted by molar-refractivity contribution is 6.06. The number of aromatic nitrogens is 1. The molecule has 0 unspecified atom stereocenters. The van der Waals surface area contributed by atoms with Crippen molar-refractivity contribution >= 4 is 27.6 Å². The number of aromatic amines is 1. The van der Waals surface area contributed by atoms with Crippen molar-refractivity contribution in [3.63, 3.8) is 0 Å². The van der Waals surface area contributed by atoms with Crippen LogP contribution in [0.3, 0.4) is 0 Å². The van der Waals surface area contributed by atoms with Gasteiger partial charge in [0.05, 0.1) is 12.1 Å². The van der Waals surface area contributed by atoms with Crippen molar-refractivity contribution in [2.45, 2.75) is 0 Å². The molecule has 0 spiro atoms. The van der Waals surface area contributed by atoms with Crippen molar-refractivity contribution in [3.8, 4) is 17.6 Å². The predicted octanol–water partition coefficient (Wildman–Crippen LogP) is 4.13. The Balaban J connectivity index is 1.32. The molecular formula is C23H18N2O2. The van der Waals surface area contributed by atoms with Crippen LogP contribution in [0.25, 0.3) is 21.7 Å². The number of carbonyl (C=O) groups is 1. The van der Waals surface area contributed by atoms with Crippen molar-refractivity contribution in [3.05, 3.63) is 78.5 Å². The second kappa shape index (κ2) is 7.67. The molecular weight excluding hydrogens is 336 g/mol. The van der Waals surface area contributed by atoms with Crippen molar-refractivity contribution in [2.24, 2.45) is 0 Å². The summed E-state index contributed by atoms with van der Waals surface area (Å²) in [5, 5.41) is 5.92. The number of benzene rings is 3. The van der Waals surface area contributed by atoms with Gasteiger partial charge in [-0.05, 0) is 17.5 Å². The van der Waals surface area contributed by atoms with Gasteiger partial charge in [0.25, 0.3) is 5.91 Å². The topological polar surface area (TPSA) is 54.1 Å². The van der Waals surface area contributed by atoms with Crippen molar-refractivity contribution in [1.29, 1.82) is 0 Å². The van der Waals surface area contributed by atoms with Crippen LogP contribution in [0.15, 0.2) is 72.9 Å². The van der Waals surface area contributed by atoms with Crippen LogP contribution in [0.2, 0.25) is 0 Å². The summed E-state index contributed by atoms with van der Waals surface area (Å²) in [6.45, 7) is 0.550. The van der Waals surface area contributed by atoms with Crippen LogP contribution in [-0.2, 0) is 0 Å². The molecule has 0 aliphatic heterocycles. The molecule has 0 atom stereocenters. The molecule has 0 saturated heterocycles. The minimum absolute atomic E-state index is 0.142. The number of hydrogen-bond donors (Lipinski definition) is 2. The first kappa shape index (κ1) is 16.7. The standard InChI is InChI=1S/C23H18N2O2/c26-23(20-16-25-21-12-4-3-11-19(20)21)24-14-5-6-15-27-22-13-7-9-17-8-1-2-10-18(17)22/h1-4,7-13,16,25H,14-15H2,(H,24,26). The number of para-hydroxylation sites is 1. The Bertz CT molecular complexity index is 1160. The van der Waals surface area contributed by atoms with Gasteiger partial charge in [-0.15, -0.1) is 0 Å². The lowest BCUT2D eigenvalue weighted by molar-refractivity contribution is 0.0960. The molecule has 0 aliphatic carbocycles. The number of hydrogen-bond acceptors (Lipinski definition) is 2. The number of fused-ring (bicyclic) bond motifs is 2. The zero-order chi connectivity index (χ0) is 18.5. The summed E-state index contributed by atoms with van der Waals surface area (Å²) in [6.07, 6.45) is 1.72. The molecule has 0 radical (unpaired) electrons. The summed E-state index contributed by atoms with van der Waals surface area (Å²) < 4.78 is 5.76. The molecule has 1 amide bonds. The molecule has 0 aliphatic rings. The van der Waals surface area contributed by atoms with Gasteiger partial charge in [0.15, 0.2) is 0 Å². The maximum absolute atomic E-state index is 12.3.